The Morgan fingerprint density at radius 3 is 2.82 bits per heavy atom. The lowest BCUT2D eigenvalue weighted by Gasteiger charge is -2.09. The number of aromatic nitrogens is 1. The number of methoxy groups -OCH3 is 1. The van der Waals surface area contributed by atoms with Crippen molar-refractivity contribution in [3.63, 3.8) is 0 Å². The van der Waals surface area contributed by atoms with Gasteiger partial charge in [0, 0.05) is 23.2 Å². The van der Waals surface area contributed by atoms with Gasteiger partial charge in [-0.3, -0.25) is 4.98 Å². The predicted octanol–water partition coefficient (Wildman–Crippen LogP) is 4.54. The quantitative estimate of drug-likeness (QED) is 0.444. The smallest absolute Gasteiger partial charge is 0.331 e. The average Bonchev–Trinajstić information content (AvgIpc) is 2.73. The Labute approximate surface area is 162 Å². The lowest BCUT2D eigenvalue weighted by Crippen LogP contribution is -2.02. The summed E-state index contributed by atoms with van der Waals surface area (Å²) in [6.45, 7) is 2.43. The Hall–Kier alpha value is -3.41. The van der Waals surface area contributed by atoms with Gasteiger partial charge in [-0.25, -0.2) is 9.18 Å². The SMILES string of the molecule is CCOc1ccc(C=CC(=O)OCc2ccc(F)c3cccnc23)cc1OC. The molecule has 5 nitrogen and oxygen atoms in total. The zero-order valence-electron chi connectivity index (χ0n) is 15.6. The maximum absolute atomic E-state index is 13.8. The van der Waals surface area contributed by atoms with Crippen LogP contribution < -0.4 is 9.47 Å². The molecular weight excluding hydrogens is 361 g/mol. The van der Waals surface area contributed by atoms with Crippen LogP contribution in [0, 0.1) is 5.82 Å². The molecule has 1 aromatic heterocycles. The monoisotopic (exact) mass is 381 g/mol. The van der Waals surface area contributed by atoms with Gasteiger partial charge in [-0.05, 0) is 48.9 Å². The number of ether oxygens (including phenoxy) is 3. The van der Waals surface area contributed by atoms with Gasteiger partial charge in [0.25, 0.3) is 0 Å². The fourth-order valence-corrected chi connectivity index (χ4v) is 2.74. The molecular formula is C22H20FNO4. The number of halogens is 1. The standard InChI is InChI=1S/C22H20FNO4/c1-3-27-19-10-6-15(13-20(19)26-2)7-11-21(25)28-14-16-8-9-18(23)17-5-4-12-24-22(16)17/h4-13H,3,14H2,1-2H3. The average molecular weight is 381 g/mol. The molecule has 0 bridgehead atoms. The van der Waals surface area contributed by atoms with E-state index < -0.39 is 5.97 Å². The summed E-state index contributed by atoms with van der Waals surface area (Å²) >= 11 is 0. The Morgan fingerprint density at radius 2 is 2.04 bits per heavy atom. The van der Waals surface area contributed by atoms with Crippen LogP contribution in [0.3, 0.4) is 0 Å². The maximum Gasteiger partial charge on any atom is 0.331 e. The third-order valence-corrected chi connectivity index (χ3v) is 4.07. The fourth-order valence-electron chi connectivity index (χ4n) is 2.74. The van der Waals surface area contributed by atoms with Crippen molar-refractivity contribution >= 4 is 22.9 Å². The minimum absolute atomic E-state index is 0.00354. The van der Waals surface area contributed by atoms with Crippen LogP contribution in [0.4, 0.5) is 4.39 Å². The lowest BCUT2D eigenvalue weighted by atomic mass is 10.1. The highest BCUT2D eigenvalue weighted by molar-refractivity contribution is 5.87. The van der Waals surface area contributed by atoms with E-state index in [9.17, 15) is 9.18 Å². The van der Waals surface area contributed by atoms with Gasteiger partial charge in [-0.15, -0.1) is 0 Å². The minimum Gasteiger partial charge on any atom is -0.493 e. The van der Waals surface area contributed by atoms with E-state index in [1.54, 1.807) is 49.7 Å². The molecule has 0 fully saturated rings. The Bertz CT molecular complexity index is 1020. The van der Waals surface area contributed by atoms with Gasteiger partial charge in [-0.2, -0.15) is 0 Å². The molecule has 0 spiro atoms. The molecule has 0 atom stereocenters. The van der Waals surface area contributed by atoms with E-state index in [4.69, 9.17) is 14.2 Å². The van der Waals surface area contributed by atoms with E-state index >= 15 is 0 Å². The number of benzene rings is 2. The van der Waals surface area contributed by atoms with Crippen LogP contribution >= 0.6 is 0 Å². The summed E-state index contributed by atoms with van der Waals surface area (Å²) in [5.41, 5.74) is 1.89. The van der Waals surface area contributed by atoms with Crippen molar-refractivity contribution in [3.05, 3.63) is 71.7 Å². The highest BCUT2D eigenvalue weighted by Gasteiger charge is 2.09. The summed E-state index contributed by atoms with van der Waals surface area (Å²) in [5.74, 6) is 0.352. The second-order valence-electron chi connectivity index (χ2n) is 5.89. The highest BCUT2D eigenvalue weighted by atomic mass is 19.1. The van der Waals surface area contributed by atoms with Crippen LogP contribution in [-0.2, 0) is 16.1 Å². The van der Waals surface area contributed by atoms with E-state index in [-0.39, 0.29) is 12.4 Å². The third kappa shape index (κ3) is 4.46. The van der Waals surface area contributed by atoms with E-state index in [1.807, 2.05) is 13.0 Å². The number of esters is 1. The first-order chi connectivity index (χ1) is 13.6. The van der Waals surface area contributed by atoms with Crippen LogP contribution in [0.1, 0.15) is 18.1 Å². The molecule has 0 saturated heterocycles. The van der Waals surface area contributed by atoms with E-state index in [0.717, 1.165) is 5.56 Å². The molecule has 0 saturated carbocycles. The van der Waals surface area contributed by atoms with Gasteiger partial charge in [0.1, 0.15) is 12.4 Å². The summed E-state index contributed by atoms with van der Waals surface area (Å²) in [4.78, 5) is 16.2. The largest absolute Gasteiger partial charge is 0.493 e. The summed E-state index contributed by atoms with van der Waals surface area (Å²) in [5, 5.41) is 0.396. The van der Waals surface area contributed by atoms with Gasteiger partial charge in [-0.1, -0.05) is 12.1 Å². The third-order valence-electron chi connectivity index (χ3n) is 4.07. The molecule has 0 aliphatic heterocycles. The summed E-state index contributed by atoms with van der Waals surface area (Å²) < 4.78 is 29.9. The van der Waals surface area contributed by atoms with Gasteiger partial charge in [0.2, 0.25) is 0 Å². The summed E-state index contributed by atoms with van der Waals surface area (Å²) in [6, 6.07) is 11.6. The maximum atomic E-state index is 13.8. The first-order valence-electron chi connectivity index (χ1n) is 8.80. The normalized spacial score (nSPS) is 11.0. The first kappa shape index (κ1) is 19.4. The molecule has 6 heteroatoms. The van der Waals surface area contributed by atoms with Crippen LogP contribution in [-0.4, -0.2) is 24.7 Å². The molecule has 3 aromatic rings. The number of hydrogen-bond donors (Lipinski definition) is 0. The number of rotatable bonds is 7. The number of carbonyl (C=O) groups excluding carboxylic acids is 1. The number of hydrogen-bond acceptors (Lipinski definition) is 5. The van der Waals surface area contributed by atoms with E-state index in [1.165, 1.54) is 12.1 Å². The second kappa shape index (κ2) is 8.99. The Kier molecular flexibility index (Phi) is 6.22. The topological polar surface area (TPSA) is 57.7 Å². The first-order valence-corrected chi connectivity index (χ1v) is 8.80. The number of nitrogens with zero attached hydrogens (tertiary/aromatic N) is 1. The molecule has 3 rings (SSSR count). The van der Waals surface area contributed by atoms with Crippen molar-refractivity contribution in [2.24, 2.45) is 0 Å². The van der Waals surface area contributed by atoms with Gasteiger partial charge in [0.15, 0.2) is 11.5 Å². The minimum atomic E-state index is -0.513. The predicted molar refractivity (Wildman–Crippen MR) is 105 cm³/mol. The van der Waals surface area contributed by atoms with Crippen LogP contribution in [0.2, 0.25) is 0 Å². The zero-order valence-corrected chi connectivity index (χ0v) is 15.6. The van der Waals surface area contributed by atoms with Crippen molar-refractivity contribution in [2.75, 3.05) is 13.7 Å². The van der Waals surface area contributed by atoms with Gasteiger partial charge >= 0.3 is 5.97 Å². The number of carbonyl (C=O) groups is 1. The second-order valence-corrected chi connectivity index (χ2v) is 5.89. The molecule has 0 N–H and O–H groups in total. The molecule has 28 heavy (non-hydrogen) atoms. The zero-order chi connectivity index (χ0) is 19.9. The van der Waals surface area contributed by atoms with E-state index in [0.29, 0.717) is 34.6 Å². The molecule has 0 aliphatic carbocycles. The molecule has 2 aromatic carbocycles. The van der Waals surface area contributed by atoms with Crippen LogP contribution in [0.15, 0.2) is 54.7 Å². The Morgan fingerprint density at radius 1 is 1.18 bits per heavy atom. The molecule has 1 heterocycles. The fraction of sp³-hybridized carbons (Fsp3) is 0.182. The Balaban J connectivity index is 1.67. The molecule has 0 amide bonds. The molecule has 0 radical (unpaired) electrons. The summed E-state index contributed by atoms with van der Waals surface area (Å²) in [6.07, 6.45) is 4.53. The molecule has 0 unspecified atom stereocenters. The van der Waals surface area contributed by atoms with Gasteiger partial charge in [0.05, 0.1) is 19.2 Å². The molecule has 144 valence electrons. The van der Waals surface area contributed by atoms with Crippen molar-refractivity contribution in [3.8, 4) is 11.5 Å². The van der Waals surface area contributed by atoms with Crippen LogP contribution in [0.5, 0.6) is 11.5 Å². The van der Waals surface area contributed by atoms with Crippen molar-refractivity contribution in [2.45, 2.75) is 13.5 Å². The lowest BCUT2D eigenvalue weighted by molar-refractivity contribution is -0.138. The van der Waals surface area contributed by atoms with E-state index in [2.05, 4.69) is 4.98 Å². The van der Waals surface area contributed by atoms with Crippen molar-refractivity contribution in [1.29, 1.82) is 0 Å². The number of pyridine rings is 1. The number of fused-ring (bicyclic) bond motifs is 1. The van der Waals surface area contributed by atoms with Crippen molar-refractivity contribution in [1.82, 2.24) is 4.98 Å². The molecule has 0 aliphatic rings. The van der Waals surface area contributed by atoms with Crippen molar-refractivity contribution < 1.29 is 23.4 Å². The van der Waals surface area contributed by atoms with Crippen LogP contribution in [0.25, 0.3) is 17.0 Å². The highest BCUT2D eigenvalue weighted by Crippen LogP contribution is 2.28. The summed E-state index contributed by atoms with van der Waals surface area (Å²) in [7, 11) is 1.56. The van der Waals surface area contributed by atoms with Gasteiger partial charge < -0.3 is 14.2 Å².